The van der Waals surface area contributed by atoms with Crippen molar-refractivity contribution in [2.75, 3.05) is 6.61 Å². The van der Waals surface area contributed by atoms with Gasteiger partial charge in [0.15, 0.2) is 0 Å². The standard InChI is InChI=1S/C11H20N2O/c1-4-13-7-5-6-11(13)8-12-14-9-10(2)3/h5-7,10,12H,4,8-9H2,1-3H3. The molecule has 1 rings (SSSR count). The number of nitrogens with one attached hydrogen (secondary N) is 1. The molecule has 80 valence electrons. The normalized spacial score (nSPS) is 11.1. The molecular weight excluding hydrogens is 176 g/mol. The molecule has 1 heterocycles. The van der Waals surface area contributed by atoms with E-state index in [1.807, 2.05) is 0 Å². The Morgan fingerprint density at radius 3 is 2.93 bits per heavy atom. The Morgan fingerprint density at radius 2 is 2.29 bits per heavy atom. The number of aromatic nitrogens is 1. The van der Waals surface area contributed by atoms with Crippen molar-refractivity contribution < 1.29 is 4.84 Å². The van der Waals surface area contributed by atoms with Gasteiger partial charge < -0.3 is 9.40 Å². The first kappa shape index (κ1) is 11.3. The van der Waals surface area contributed by atoms with Crippen LogP contribution in [0.5, 0.6) is 0 Å². The van der Waals surface area contributed by atoms with E-state index < -0.39 is 0 Å². The fourth-order valence-electron chi connectivity index (χ4n) is 1.27. The van der Waals surface area contributed by atoms with Gasteiger partial charge in [-0.1, -0.05) is 13.8 Å². The molecule has 0 saturated heterocycles. The van der Waals surface area contributed by atoms with Crippen LogP contribution in [0.4, 0.5) is 0 Å². The summed E-state index contributed by atoms with van der Waals surface area (Å²) in [7, 11) is 0. The quantitative estimate of drug-likeness (QED) is 0.557. The number of nitrogens with zero attached hydrogens (tertiary/aromatic N) is 1. The summed E-state index contributed by atoms with van der Waals surface area (Å²) in [6, 6.07) is 4.16. The lowest BCUT2D eigenvalue weighted by atomic mass is 10.2. The minimum Gasteiger partial charge on any atom is -0.350 e. The van der Waals surface area contributed by atoms with Crippen LogP contribution in [-0.2, 0) is 17.9 Å². The van der Waals surface area contributed by atoms with Gasteiger partial charge >= 0.3 is 0 Å². The molecule has 0 saturated carbocycles. The Balaban J connectivity index is 2.24. The molecule has 0 bridgehead atoms. The Kier molecular flexibility index (Phi) is 4.70. The average Bonchev–Trinajstić information content (AvgIpc) is 2.59. The lowest BCUT2D eigenvalue weighted by molar-refractivity contribution is 0.0185. The van der Waals surface area contributed by atoms with E-state index in [4.69, 9.17) is 4.84 Å². The average molecular weight is 196 g/mol. The summed E-state index contributed by atoms with van der Waals surface area (Å²) in [6.45, 7) is 8.94. The third-order valence-corrected chi connectivity index (χ3v) is 2.04. The first-order chi connectivity index (χ1) is 6.74. The molecule has 1 N–H and O–H groups in total. The first-order valence-corrected chi connectivity index (χ1v) is 5.22. The van der Waals surface area contributed by atoms with Crippen LogP contribution in [0.1, 0.15) is 26.5 Å². The highest BCUT2D eigenvalue weighted by Crippen LogP contribution is 2.01. The van der Waals surface area contributed by atoms with Gasteiger partial charge in [-0.25, -0.2) is 0 Å². The van der Waals surface area contributed by atoms with E-state index >= 15 is 0 Å². The highest BCUT2D eigenvalue weighted by Gasteiger charge is 1.98. The second kappa shape index (κ2) is 5.83. The molecule has 0 radical (unpaired) electrons. The van der Waals surface area contributed by atoms with E-state index in [-0.39, 0.29) is 0 Å². The summed E-state index contributed by atoms with van der Waals surface area (Å²) in [5.74, 6) is 0.570. The predicted molar refractivity (Wildman–Crippen MR) is 57.7 cm³/mol. The van der Waals surface area contributed by atoms with Gasteiger partial charge in [-0.15, -0.1) is 0 Å². The van der Waals surface area contributed by atoms with Crippen molar-refractivity contribution in [1.29, 1.82) is 0 Å². The Labute approximate surface area is 86.0 Å². The van der Waals surface area contributed by atoms with Gasteiger partial charge in [-0.05, 0) is 25.0 Å². The van der Waals surface area contributed by atoms with Crippen LogP contribution in [0.25, 0.3) is 0 Å². The minimum atomic E-state index is 0.570. The molecule has 14 heavy (non-hydrogen) atoms. The van der Waals surface area contributed by atoms with Gasteiger partial charge in [0.2, 0.25) is 0 Å². The van der Waals surface area contributed by atoms with Crippen LogP contribution in [0.2, 0.25) is 0 Å². The van der Waals surface area contributed by atoms with E-state index in [9.17, 15) is 0 Å². The van der Waals surface area contributed by atoms with E-state index in [0.29, 0.717) is 5.92 Å². The maximum atomic E-state index is 5.30. The van der Waals surface area contributed by atoms with Gasteiger partial charge in [-0.2, -0.15) is 5.48 Å². The largest absolute Gasteiger partial charge is 0.350 e. The van der Waals surface area contributed by atoms with E-state index in [1.165, 1.54) is 5.69 Å². The van der Waals surface area contributed by atoms with E-state index in [2.05, 4.69) is 49.1 Å². The summed E-state index contributed by atoms with van der Waals surface area (Å²) in [5.41, 5.74) is 4.23. The van der Waals surface area contributed by atoms with Gasteiger partial charge in [0, 0.05) is 18.4 Å². The fraction of sp³-hybridized carbons (Fsp3) is 0.636. The summed E-state index contributed by atoms with van der Waals surface area (Å²) < 4.78 is 2.20. The Bertz CT molecular complexity index is 256. The first-order valence-electron chi connectivity index (χ1n) is 5.22. The minimum absolute atomic E-state index is 0.570. The molecule has 0 unspecified atom stereocenters. The Hall–Kier alpha value is -0.800. The molecule has 0 aliphatic heterocycles. The molecule has 0 aliphatic rings. The van der Waals surface area contributed by atoms with Crippen molar-refractivity contribution in [2.24, 2.45) is 5.92 Å². The smallest absolute Gasteiger partial charge is 0.0705 e. The zero-order valence-electron chi connectivity index (χ0n) is 9.29. The summed E-state index contributed by atoms with van der Waals surface area (Å²) in [4.78, 5) is 5.30. The second-order valence-electron chi connectivity index (χ2n) is 3.81. The van der Waals surface area contributed by atoms with Crippen molar-refractivity contribution in [3.63, 3.8) is 0 Å². The molecule has 0 amide bonds. The molecule has 0 aromatic carbocycles. The van der Waals surface area contributed by atoms with Gasteiger partial charge in [-0.3, -0.25) is 0 Å². The highest BCUT2D eigenvalue weighted by molar-refractivity contribution is 5.06. The molecule has 0 fully saturated rings. The number of hydrogen-bond donors (Lipinski definition) is 1. The highest BCUT2D eigenvalue weighted by atomic mass is 16.6. The molecule has 1 aromatic heterocycles. The third kappa shape index (κ3) is 3.52. The van der Waals surface area contributed by atoms with Crippen molar-refractivity contribution >= 4 is 0 Å². The van der Waals surface area contributed by atoms with Crippen LogP contribution < -0.4 is 5.48 Å². The number of rotatable bonds is 6. The van der Waals surface area contributed by atoms with Crippen molar-refractivity contribution in [3.05, 3.63) is 24.0 Å². The molecule has 3 heteroatoms. The lowest BCUT2D eigenvalue weighted by Crippen LogP contribution is -2.19. The maximum absolute atomic E-state index is 5.30. The number of hydrogen-bond acceptors (Lipinski definition) is 2. The van der Waals surface area contributed by atoms with Gasteiger partial charge in [0.05, 0.1) is 13.2 Å². The van der Waals surface area contributed by atoms with Gasteiger partial charge in [0.1, 0.15) is 0 Å². The van der Waals surface area contributed by atoms with Crippen molar-refractivity contribution in [3.8, 4) is 0 Å². The zero-order chi connectivity index (χ0) is 10.4. The fourth-order valence-corrected chi connectivity index (χ4v) is 1.27. The molecular formula is C11H20N2O. The lowest BCUT2D eigenvalue weighted by Gasteiger charge is -2.09. The molecule has 0 atom stereocenters. The van der Waals surface area contributed by atoms with Crippen LogP contribution >= 0.6 is 0 Å². The zero-order valence-corrected chi connectivity index (χ0v) is 9.29. The molecule has 1 aromatic rings. The van der Waals surface area contributed by atoms with E-state index in [0.717, 1.165) is 19.7 Å². The summed E-state index contributed by atoms with van der Waals surface area (Å²) in [5, 5.41) is 0. The molecule has 0 spiro atoms. The monoisotopic (exact) mass is 196 g/mol. The second-order valence-corrected chi connectivity index (χ2v) is 3.81. The van der Waals surface area contributed by atoms with E-state index in [1.54, 1.807) is 0 Å². The van der Waals surface area contributed by atoms with Crippen LogP contribution in [0.3, 0.4) is 0 Å². The van der Waals surface area contributed by atoms with Crippen molar-refractivity contribution in [1.82, 2.24) is 10.0 Å². The third-order valence-electron chi connectivity index (χ3n) is 2.04. The van der Waals surface area contributed by atoms with Crippen LogP contribution in [-0.4, -0.2) is 11.2 Å². The van der Waals surface area contributed by atoms with Crippen LogP contribution in [0.15, 0.2) is 18.3 Å². The predicted octanol–water partition coefficient (Wildman–Crippen LogP) is 2.19. The molecule has 0 aliphatic carbocycles. The molecule has 3 nitrogen and oxygen atoms in total. The maximum Gasteiger partial charge on any atom is 0.0705 e. The summed E-state index contributed by atoms with van der Waals surface area (Å²) in [6.07, 6.45) is 2.08. The van der Waals surface area contributed by atoms with Gasteiger partial charge in [0.25, 0.3) is 0 Å². The number of hydroxylamine groups is 1. The number of aryl methyl sites for hydroxylation is 1. The summed E-state index contributed by atoms with van der Waals surface area (Å²) >= 11 is 0. The van der Waals surface area contributed by atoms with Crippen molar-refractivity contribution in [2.45, 2.75) is 33.9 Å². The Morgan fingerprint density at radius 1 is 1.50 bits per heavy atom. The SMILES string of the molecule is CCn1cccc1CNOCC(C)C. The van der Waals surface area contributed by atoms with Crippen LogP contribution in [0, 0.1) is 5.92 Å². The topological polar surface area (TPSA) is 26.2 Å².